The van der Waals surface area contributed by atoms with Gasteiger partial charge in [-0.15, -0.1) is 0 Å². The molecular formula is C10H21NO. The summed E-state index contributed by atoms with van der Waals surface area (Å²) >= 11 is 0. The van der Waals surface area contributed by atoms with Gasteiger partial charge in [0.25, 0.3) is 0 Å². The highest BCUT2D eigenvalue weighted by Crippen LogP contribution is 2.36. The molecule has 1 rings (SSSR count). The molecule has 12 heavy (non-hydrogen) atoms. The number of methoxy groups -OCH3 is 1. The van der Waals surface area contributed by atoms with E-state index in [1.54, 1.807) is 7.11 Å². The third-order valence-corrected chi connectivity index (χ3v) is 3.39. The molecule has 1 N–H and O–H groups in total. The highest BCUT2D eigenvalue weighted by molar-refractivity contribution is 4.85. The molecule has 0 aromatic rings. The molecule has 0 aliphatic carbocycles. The van der Waals surface area contributed by atoms with Crippen LogP contribution in [0.15, 0.2) is 0 Å². The van der Waals surface area contributed by atoms with Crippen molar-refractivity contribution in [3.05, 3.63) is 0 Å². The SMILES string of the molecule is COCCC1(C)CCNCC1C. The molecule has 72 valence electrons. The van der Waals surface area contributed by atoms with Crippen LogP contribution in [0.5, 0.6) is 0 Å². The van der Waals surface area contributed by atoms with Gasteiger partial charge < -0.3 is 10.1 Å². The highest BCUT2D eigenvalue weighted by atomic mass is 16.5. The van der Waals surface area contributed by atoms with Gasteiger partial charge in [0.05, 0.1) is 0 Å². The van der Waals surface area contributed by atoms with Gasteiger partial charge in [-0.05, 0) is 37.3 Å². The molecule has 0 aromatic heterocycles. The van der Waals surface area contributed by atoms with Crippen LogP contribution in [0.1, 0.15) is 26.7 Å². The Hall–Kier alpha value is -0.0800. The van der Waals surface area contributed by atoms with Crippen molar-refractivity contribution in [3.8, 4) is 0 Å². The molecule has 0 saturated carbocycles. The molecule has 1 aliphatic rings. The highest BCUT2D eigenvalue weighted by Gasteiger charge is 2.32. The van der Waals surface area contributed by atoms with Gasteiger partial charge in [-0.1, -0.05) is 13.8 Å². The molecule has 0 aromatic carbocycles. The average Bonchev–Trinajstić information content (AvgIpc) is 2.07. The maximum Gasteiger partial charge on any atom is 0.0467 e. The van der Waals surface area contributed by atoms with Crippen LogP contribution in [0.3, 0.4) is 0 Å². The Morgan fingerprint density at radius 1 is 1.58 bits per heavy atom. The lowest BCUT2D eigenvalue weighted by molar-refractivity contribution is 0.0810. The van der Waals surface area contributed by atoms with Crippen molar-refractivity contribution in [2.45, 2.75) is 26.7 Å². The van der Waals surface area contributed by atoms with Crippen molar-refractivity contribution in [1.29, 1.82) is 0 Å². The molecule has 2 heteroatoms. The van der Waals surface area contributed by atoms with Crippen molar-refractivity contribution < 1.29 is 4.74 Å². The Balaban J connectivity index is 2.42. The lowest BCUT2D eigenvalue weighted by Gasteiger charge is -2.40. The van der Waals surface area contributed by atoms with E-state index in [-0.39, 0.29) is 0 Å². The molecule has 2 unspecified atom stereocenters. The minimum atomic E-state index is 0.501. The van der Waals surface area contributed by atoms with Gasteiger partial charge in [-0.2, -0.15) is 0 Å². The van der Waals surface area contributed by atoms with Gasteiger partial charge in [0, 0.05) is 13.7 Å². The Bertz CT molecular complexity index is 138. The molecule has 2 nitrogen and oxygen atoms in total. The fraction of sp³-hybridized carbons (Fsp3) is 1.00. The third-order valence-electron chi connectivity index (χ3n) is 3.39. The quantitative estimate of drug-likeness (QED) is 0.697. The first-order chi connectivity index (χ1) is 5.69. The Kier molecular flexibility index (Phi) is 3.53. The largest absolute Gasteiger partial charge is 0.385 e. The second kappa shape index (κ2) is 4.24. The first-order valence-electron chi connectivity index (χ1n) is 4.89. The molecule has 0 bridgehead atoms. The van der Waals surface area contributed by atoms with Gasteiger partial charge >= 0.3 is 0 Å². The fourth-order valence-corrected chi connectivity index (χ4v) is 1.89. The minimum absolute atomic E-state index is 0.501. The van der Waals surface area contributed by atoms with Crippen LogP contribution in [0.25, 0.3) is 0 Å². The van der Waals surface area contributed by atoms with Crippen molar-refractivity contribution in [2.24, 2.45) is 11.3 Å². The standard InChI is InChI=1S/C10H21NO/c1-9-8-11-6-4-10(9,2)5-7-12-3/h9,11H,4-8H2,1-3H3. The molecule has 0 amide bonds. The van der Waals surface area contributed by atoms with Crippen LogP contribution >= 0.6 is 0 Å². The average molecular weight is 171 g/mol. The monoisotopic (exact) mass is 171 g/mol. The molecule has 0 radical (unpaired) electrons. The molecular weight excluding hydrogens is 150 g/mol. The van der Waals surface area contributed by atoms with E-state index >= 15 is 0 Å². The summed E-state index contributed by atoms with van der Waals surface area (Å²) in [5.74, 6) is 0.779. The van der Waals surface area contributed by atoms with Crippen LogP contribution < -0.4 is 5.32 Å². The molecule has 1 aliphatic heterocycles. The van der Waals surface area contributed by atoms with Crippen molar-refractivity contribution in [1.82, 2.24) is 5.32 Å². The Morgan fingerprint density at radius 3 is 2.92 bits per heavy atom. The topological polar surface area (TPSA) is 21.3 Å². The van der Waals surface area contributed by atoms with Gasteiger partial charge in [0.1, 0.15) is 0 Å². The summed E-state index contributed by atoms with van der Waals surface area (Å²) < 4.78 is 5.14. The van der Waals surface area contributed by atoms with Crippen LogP contribution in [-0.4, -0.2) is 26.8 Å². The summed E-state index contributed by atoms with van der Waals surface area (Å²) in [6.07, 6.45) is 2.49. The van der Waals surface area contributed by atoms with E-state index in [9.17, 15) is 0 Å². The fourth-order valence-electron chi connectivity index (χ4n) is 1.89. The lowest BCUT2D eigenvalue weighted by Crippen LogP contribution is -2.42. The van der Waals surface area contributed by atoms with Crippen molar-refractivity contribution >= 4 is 0 Å². The number of ether oxygens (including phenoxy) is 1. The number of rotatable bonds is 3. The number of nitrogens with one attached hydrogen (secondary N) is 1. The van der Waals surface area contributed by atoms with Gasteiger partial charge in [0.15, 0.2) is 0 Å². The van der Waals surface area contributed by atoms with Gasteiger partial charge in [-0.3, -0.25) is 0 Å². The van der Waals surface area contributed by atoms with E-state index in [4.69, 9.17) is 4.74 Å². The van der Waals surface area contributed by atoms with Gasteiger partial charge in [0.2, 0.25) is 0 Å². The third kappa shape index (κ3) is 2.20. The zero-order valence-corrected chi connectivity index (χ0v) is 8.52. The van der Waals surface area contributed by atoms with Crippen LogP contribution in [-0.2, 0) is 4.74 Å². The van der Waals surface area contributed by atoms with Crippen LogP contribution in [0.2, 0.25) is 0 Å². The summed E-state index contributed by atoms with van der Waals surface area (Å²) in [7, 11) is 1.79. The van der Waals surface area contributed by atoms with E-state index in [0.717, 1.165) is 12.5 Å². The smallest absolute Gasteiger partial charge is 0.0467 e. The van der Waals surface area contributed by atoms with Gasteiger partial charge in [-0.25, -0.2) is 0 Å². The van der Waals surface area contributed by atoms with Crippen LogP contribution in [0.4, 0.5) is 0 Å². The summed E-state index contributed by atoms with van der Waals surface area (Å²) in [5, 5.41) is 3.43. The van der Waals surface area contributed by atoms with Crippen LogP contribution in [0, 0.1) is 11.3 Å². The predicted octanol–water partition coefficient (Wildman–Crippen LogP) is 1.66. The zero-order valence-electron chi connectivity index (χ0n) is 8.52. The lowest BCUT2D eigenvalue weighted by atomic mass is 9.71. The number of hydrogen-bond donors (Lipinski definition) is 1. The van der Waals surface area contributed by atoms with Crippen molar-refractivity contribution in [3.63, 3.8) is 0 Å². The first kappa shape index (κ1) is 10.0. The van der Waals surface area contributed by atoms with Crippen molar-refractivity contribution in [2.75, 3.05) is 26.8 Å². The predicted molar refractivity (Wildman–Crippen MR) is 51.3 cm³/mol. The van der Waals surface area contributed by atoms with E-state index in [1.165, 1.54) is 25.9 Å². The molecule has 2 atom stereocenters. The first-order valence-corrected chi connectivity index (χ1v) is 4.89. The Labute approximate surface area is 75.7 Å². The summed E-state index contributed by atoms with van der Waals surface area (Å²) in [6, 6.07) is 0. The molecule has 1 heterocycles. The number of hydrogen-bond acceptors (Lipinski definition) is 2. The van der Waals surface area contributed by atoms with E-state index in [2.05, 4.69) is 19.2 Å². The molecule has 1 saturated heterocycles. The van der Waals surface area contributed by atoms with E-state index in [0.29, 0.717) is 5.41 Å². The summed E-state index contributed by atoms with van der Waals surface area (Å²) in [6.45, 7) is 7.96. The maximum atomic E-state index is 5.14. The zero-order chi connectivity index (χ0) is 9.03. The van der Waals surface area contributed by atoms with E-state index < -0.39 is 0 Å². The van der Waals surface area contributed by atoms with E-state index in [1.807, 2.05) is 0 Å². The number of piperidine rings is 1. The Morgan fingerprint density at radius 2 is 2.33 bits per heavy atom. The normalized spacial score (nSPS) is 36.8. The minimum Gasteiger partial charge on any atom is -0.385 e. The maximum absolute atomic E-state index is 5.14. The summed E-state index contributed by atoms with van der Waals surface area (Å²) in [5.41, 5.74) is 0.501. The molecule has 1 fully saturated rings. The summed E-state index contributed by atoms with van der Waals surface area (Å²) in [4.78, 5) is 0. The second-order valence-corrected chi connectivity index (χ2v) is 4.25. The molecule has 0 spiro atoms. The second-order valence-electron chi connectivity index (χ2n) is 4.25.